The number of hydrogen-bond acceptors (Lipinski definition) is 5. The summed E-state index contributed by atoms with van der Waals surface area (Å²) < 4.78 is 24.4. The third-order valence-electron chi connectivity index (χ3n) is 3.22. The van der Waals surface area contributed by atoms with Crippen molar-refractivity contribution in [1.82, 2.24) is 9.88 Å². The van der Waals surface area contributed by atoms with Gasteiger partial charge in [-0.05, 0) is 11.6 Å². The molecular formula is C13H14N2O2S2. The predicted molar refractivity (Wildman–Crippen MR) is 74.7 cm³/mol. The quantitative estimate of drug-likeness (QED) is 0.849. The van der Waals surface area contributed by atoms with E-state index in [1.165, 1.54) is 0 Å². The fourth-order valence-electron chi connectivity index (χ4n) is 2.27. The Kier molecular flexibility index (Phi) is 3.38. The molecule has 19 heavy (non-hydrogen) atoms. The van der Waals surface area contributed by atoms with Crippen LogP contribution in [0.3, 0.4) is 0 Å². The van der Waals surface area contributed by atoms with Crippen LogP contribution in [0.15, 0.2) is 40.7 Å². The molecule has 0 unspecified atom stereocenters. The summed E-state index contributed by atoms with van der Waals surface area (Å²) in [6.07, 6.45) is 1.78. The number of aromatic nitrogens is 1. The van der Waals surface area contributed by atoms with E-state index in [-0.39, 0.29) is 5.75 Å². The summed E-state index contributed by atoms with van der Waals surface area (Å²) in [6, 6.07) is 7.28. The highest BCUT2D eigenvalue weighted by molar-refractivity contribution is 7.91. The molecule has 0 spiro atoms. The SMILES string of the molecule is O=S1(=O)CCN(Cc2nccs2)Cc2ccccc21. The lowest BCUT2D eigenvalue weighted by atomic mass is 10.2. The standard InChI is InChI=1S/C13H14N2O2S2/c16-19(17)8-6-15(10-13-14-5-7-18-13)9-11-3-1-2-4-12(11)19/h1-5,7H,6,8-10H2. The van der Waals surface area contributed by atoms with Crippen LogP contribution in [0.25, 0.3) is 0 Å². The zero-order chi connectivity index (χ0) is 13.3. The number of benzene rings is 1. The molecule has 2 aromatic rings. The molecule has 0 N–H and O–H groups in total. The molecule has 0 amide bonds. The van der Waals surface area contributed by atoms with Gasteiger partial charge in [-0.2, -0.15) is 0 Å². The number of rotatable bonds is 2. The number of fused-ring (bicyclic) bond motifs is 1. The topological polar surface area (TPSA) is 50.3 Å². The lowest BCUT2D eigenvalue weighted by molar-refractivity contribution is 0.273. The van der Waals surface area contributed by atoms with Gasteiger partial charge in [0.25, 0.3) is 0 Å². The molecule has 1 aliphatic heterocycles. The molecule has 0 atom stereocenters. The summed E-state index contributed by atoms with van der Waals surface area (Å²) >= 11 is 1.60. The Balaban J connectivity index is 1.90. The van der Waals surface area contributed by atoms with Gasteiger partial charge < -0.3 is 0 Å². The van der Waals surface area contributed by atoms with E-state index in [0.29, 0.717) is 24.5 Å². The Hall–Kier alpha value is -1.24. The van der Waals surface area contributed by atoms with Crippen LogP contribution >= 0.6 is 11.3 Å². The van der Waals surface area contributed by atoms with Crippen LogP contribution in [0.2, 0.25) is 0 Å². The fourth-order valence-corrected chi connectivity index (χ4v) is 4.47. The molecular weight excluding hydrogens is 280 g/mol. The Labute approximate surface area is 116 Å². The normalized spacial score (nSPS) is 18.7. The van der Waals surface area contributed by atoms with E-state index in [0.717, 1.165) is 10.6 Å². The second-order valence-corrected chi connectivity index (χ2v) is 7.62. The van der Waals surface area contributed by atoms with Crippen molar-refractivity contribution in [2.24, 2.45) is 0 Å². The van der Waals surface area contributed by atoms with E-state index in [4.69, 9.17) is 0 Å². The number of hydrogen-bond donors (Lipinski definition) is 0. The lowest BCUT2D eigenvalue weighted by Crippen LogP contribution is -2.25. The molecule has 2 heterocycles. The molecule has 0 fully saturated rings. The zero-order valence-electron chi connectivity index (χ0n) is 10.3. The van der Waals surface area contributed by atoms with E-state index in [1.54, 1.807) is 29.7 Å². The fraction of sp³-hybridized carbons (Fsp3) is 0.308. The number of sulfone groups is 1. The predicted octanol–water partition coefficient (Wildman–Crippen LogP) is 1.93. The molecule has 6 heteroatoms. The van der Waals surface area contributed by atoms with Crippen molar-refractivity contribution in [1.29, 1.82) is 0 Å². The van der Waals surface area contributed by atoms with E-state index >= 15 is 0 Å². The van der Waals surface area contributed by atoms with Crippen LogP contribution in [0.1, 0.15) is 10.6 Å². The minimum atomic E-state index is -3.15. The summed E-state index contributed by atoms with van der Waals surface area (Å²) in [5.74, 6) is 0.176. The maximum Gasteiger partial charge on any atom is 0.179 e. The largest absolute Gasteiger partial charge is 0.291 e. The molecule has 0 radical (unpaired) electrons. The second-order valence-electron chi connectivity index (χ2n) is 4.56. The van der Waals surface area contributed by atoms with Gasteiger partial charge in [-0.1, -0.05) is 18.2 Å². The minimum absolute atomic E-state index is 0.176. The van der Waals surface area contributed by atoms with Crippen LogP contribution in [0, 0.1) is 0 Å². The Morgan fingerprint density at radius 2 is 2.16 bits per heavy atom. The van der Waals surface area contributed by atoms with Gasteiger partial charge in [0.1, 0.15) is 5.01 Å². The van der Waals surface area contributed by atoms with E-state index in [2.05, 4.69) is 9.88 Å². The van der Waals surface area contributed by atoms with Crippen LogP contribution in [0.5, 0.6) is 0 Å². The van der Waals surface area contributed by atoms with Gasteiger partial charge in [-0.3, -0.25) is 4.90 Å². The molecule has 0 saturated carbocycles. The minimum Gasteiger partial charge on any atom is -0.291 e. The van der Waals surface area contributed by atoms with Crippen LogP contribution in [-0.4, -0.2) is 30.6 Å². The molecule has 1 aromatic heterocycles. The third-order valence-corrected chi connectivity index (χ3v) is 5.77. The van der Waals surface area contributed by atoms with Gasteiger partial charge >= 0.3 is 0 Å². The summed E-state index contributed by atoms with van der Waals surface area (Å²) in [5.41, 5.74) is 0.886. The van der Waals surface area contributed by atoms with Crippen LogP contribution in [-0.2, 0) is 22.9 Å². The van der Waals surface area contributed by atoms with Gasteiger partial charge in [0, 0.05) is 24.7 Å². The molecule has 0 saturated heterocycles. The highest BCUT2D eigenvalue weighted by Crippen LogP contribution is 2.23. The highest BCUT2D eigenvalue weighted by atomic mass is 32.2. The summed E-state index contributed by atoms with van der Waals surface area (Å²) in [7, 11) is -3.15. The molecule has 4 nitrogen and oxygen atoms in total. The van der Waals surface area contributed by atoms with Crippen molar-refractivity contribution in [3.8, 4) is 0 Å². The molecule has 1 aromatic carbocycles. The van der Waals surface area contributed by atoms with Crippen LogP contribution < -0.4 is 0 Å². The van der Waals surface area contributed by atoms with Crippen molar-refractivity contribution < 1.29 is 8.42 Å². The third kappa shape index (κ3) is 2.70. The Morgan fingerprint density at radius 1 is 1.32 bits per heavy atom. The van der Waals surface area contributed by atoms with Crippen molar-refractivity contribution in [3.05, 3.63) is 46.4 Å². The molecule has 3 rings (SSSR count). The van der Waals surface area contributed by atoms with Gasteiger partial charge in [0.15, 0.2) is 9.84 Å². The lowest BCUT2D eigenvalue weighted by Gasteiger charge is -2.18. The first-order valence-electron chi connectivity index (χ1n) is 6.06. The Bertz CT molecular complexity index is 666. The summed E-state index contributed by atoms with van der Waals surface area (Å²) in [5, 5.41) is 2.97. The molecule has 1 aliphatic rings. The maximum absolute atomic E-state index is 12.2. The number of thiazole rings is 1. The maximum atomic E-state index is 12.2. The van der Waals surface area contributed by atoms with Gasteiger partial charge in [0.05, 0.1) is 17.2 Å². The van der Waals surface area contributed by atoms with Crippen LogP contribution in [0.4, 0.5) is 0 Å². The first-order chi connectivity index (χ1) is 9.15. The smallest absolute Gasteiger partial charge is 0.179 e. The zero-order valence-corrected chi connectivity index (χ0v) is 12.0. The highest BCUT2D eigenvalue weighted by Gasteiger charge is 2.25. The average molecular weight is 294 g/mol. The summed E-state index contributed by atoms with van der Waals surface area (Å²) in [6.45, 7) is 1.92. The van der Waals surface area contributed by atoms with Crippen molar-refractivity contribution in [2.45, 2.75) is 18.0 Å². The van der Waals surface area contributed by atoms with Gasteiger partial charge in [-0.15, -0.1) is 11.3 Å². The monoisotopic (exact) mass is 294 g/mol. The first-order valence-corrected chi connectivity index (χ1v) is 8.60. The van der Waals surface area contributed by atoms with Gasteiger partial charge in [0.2, 0.25) is 0 Å². The number of nitrogens with zero attached hydrogens (tertiary/aromatic N) is 2. The molecule has 0 bridgehead atoms. The van der Waals surface area contributed by atoms with Gasteiger partial charge in [-0.25, -0.2) is 13.4 Å². The van der Waals surface area contributed by atoms with E-state index in [1.807, 2.05) is 17.5 Å². The molecule has 0 aliphatic carbocycles. The Morgan fingerprint density at radius 3 is 2.95 bits per heavy atom. The second kappa shape index (κ2) is 5.03. The van der Waals surface area contributed by atoms with Crippen molar-refractivity contribution in [3.63, 3.8) is 0 Å². The van der Waals surface area contributed by atoms with Crippen molar-refractivity contribution >= 4 is 21.2 Å². The molecule has 100 valence electrons. The van der Waals surface area contributed by atoms with E-state index < -0.39 is 9.84 Å². The average Bonchev–Trinajstić information content (AvgIpc) is 2.85. The van der Waals surface area contributed by atoms with Crippen molar-refractivity contribution in [2.75, 3.05) is 12.3 Å². The first kappa shape index (κ1) is 12.8. The summed E-state index contributed by atoms with van der Waals surface area (Å²) in [4.78, 5) is 6.88. The van der Waals surface area contributed by atoms with E-state index in [9.17, 15) is 8.42 Å².